The maximum atomic E-state index is 13.0. The molecule has 1 aromatic heterocycles. The minimum Gasteiger partial charge on any atom is -0.340 e. The van der Waals surface area contributed by atoms with Crippen LogP contribution in [-0.2, 0) is 14.8 Å². The standard InChI is InChI=1S/C24H28ClN3O3S/c25-23-7-1-19(2-8-23)11-18-32(30,31)28-16-14-27(15-17-28)24(29)22-5-3-20(4-6-22)21-9-12-26-13-10-21/h1-2,7-13,18,20,22H,3-6,14-17H2. The summed E-state index contributed by atoms with van der Waals surface area (Å²) in [7, 11) is -3.53. The van der Waals surface area contributed by atoms with Crippen LogP contribution < -0.4 is 0 Å². The molecule has 8 heteroatoms. The Morgan fingerprint density at radius 1 is 0.938 bits per heavy atom. The summed E-state index contributed by atoms with van der Waals surface area (Å²) in [6.07, 6.45) is 9.00. The molecule has 6 nitrogen and oxygen atoms in total. The summed E-state index contributed by atoms with van der Waals surface area (Å²) in [6.45, 7) is 1.53. The minimum atomic E-state index is -3.53. The number of carbonyl (C=O) groups is 1. The molecule has 4 rings (SSSR count). The van der Waals surface area contributed by atoms with Crippen molar-refractivity contribution < 1.29 is 13.2 Å². The molecule has 1 aromatic carbocycles. The van der Waals surface area contributed by atoms with E-state index in [1.807, 2.05) is 17.3 Å². The van der Waals surface area contributed by atoms with Crippen LogP contribution in [-0.4, -0.2) is 54.7 Å². The van der Waals surface area contributed by atoms with Gasteiger partial charge in [-0.15, -0.1) is 0 Å². The number of piperazine rings is 1. The first-order valence-electron chi connectivity index (χ1n) is 11.0. The van der Waals surface area contributed by atoms with Crippen molar-refractivity contribution in [2.45, 2.75) is 31.6 Å². The molecule has 1 saturated heterocycles. The van der Waals surface area contributed by atoms with E-state index >= 15 is 0 Å². The van der Waals surface area contributed by atoms with E-state index in [4.69, 9.17) is 11.6 Å². The van der Waals surface area contributed by atoms with E-state index in [9.17, 15) is 13.2 Å². The van der Waals surface area contributed by atoms with Crippen LogP contribution in [0.25, 0.3) is 6.08 Å². The molecule has 1 aliphatic heterocycles. The topological polar surface area (TPSA) is 70.6 Å². The normalized spacial score (nSPS) is 22.8. The molecule has 0 unspecified atom stereocenters. The highest BCUT2D eigenvalue weighted by atomic mass is 35.5. The Bertz CT molecular complexity index is 1040. The highest BCUT2D eigenvalue weighted by molar-refractivity contribution is 7.92. The van der Waals surface area contributed by atoms with Gasteiger partial charge < -0.3 is 4.90 Å². The van der Waals surface area contributed by atoms with Gasteiger partial charge in [0.05, 0.1) is 0 Å². The van der Waals surface area contributed by atoms with Gasteiger partial charge in [-0.05, 0) is 73.1 Å². The lowest BCUT2D eigenvalue weighted by Crippen LogP contribution is -2.51. The average Bonchev–Trinajstić information content (AvgIpc) is 2.84. The maximum absolute atomic E-state index is 13.0. The number of aromatic nitrogens is 1. The third-order valence-corrected chi connectivity index (χ3v) is 8.28. The lowest BCUT2D eigenvalue weighted by atomic mass is 9.78. The molecule has 0 atom stereocenters. The van der Waals surface area contributed by atoms with Gasteiger partial charge in [-0.2, -0.15) is 4.31 Å². The number of benzene rings is 1. The van der Waals surface area contributed by atoms with Crippen molar-refractivity contribution in [3.63, 3.8) is 0 Å². The fourth-order valence-electron chi connectivity index (χ4n) is 4.55. The van der Waals surface area contributed by atoms with Crippen LogP contribution in [0.1, 0.15) is 42.7 Å². The van der Waals surface area contributed by atoms with Gasteiger partial charge in [0.2, 0.25) is 15.9 Å². The molecule has 1 aliphatic carbocycles. The molecule has 2 heterocycles. The molecule has 0 radical (unpaired) electrons. The molecule has 2 aliphatic rings. The van der Waals surface area contributed by atoms with Crippen LogP contribution in [0.3, 0.4) is 0 Å². The largest absolute Gasteiger partial charge is 0.340 e. The summed E-state index contributed by atoms with van der Waals surface area (Å²) < 4.78 is 26.8. The summed E-state index contributed by atoms with van der Waals surface area (Å²) in [5, 5.41) is 1.84. The van der Waals surface area contributed by atoms with Gasteiger partial charge in [0.25, 0.3) is 0 Å². The maximum Gasteiger partial charge on any atom is 0.236 e. The number of amides is 1. The second kappa shape index (κ2) is 10.1. The van der Waals surface area contributed by atoms with Crippen molar-refractivity contribution >= 4 is 33.6 Å². The average molecular weight is 474 g/mol. The molecule has 1 amide bonds. The highest BCUT2D eigenvalue weighted by Crippen LogP contribution is 2.36. The molecule has 0 N–H and O–H groups in total. The van der Waals surface area contributed by atoms with Gasteiger partial charge in [-0.25, -0.2) is 8.42 Å². The van der Waals surface area contributed by atoms with E-state index in [0.717, 1.165) is 31.2 Å². The fourth-order valence-corrected chi connectivity index (χ4v) is 5.85. The second-order valence-corrected chi connectivity index (χ2v) is 10.7. The molecule has 1 saturated carbocycles. The summed E-state index contributed by atoms with van der Waals surface area (Å²) in [5.74, 6) is 0.712. The van der Waals surface area contributed by atoms with Crippen LogP contribution in [0.5, 0.6) is 0 Å². The zero-order valence-corrected chi connectivity index (χ0v) is 19.5. The highest BCUT2D eigenvalue weighted by Gasteiger charge is 2.33. The van der Waals surface area contributed by atoms with E-state index in [2.05, 4.69) is 17.1 Å². The van der Waals surface area contributed by atoms with Crippen molar-refractivity contribution in [2.24, 2.45) is 5.92 Å². The second-order valence-electron chi connectivity index (χ2n) is 8.45. The molecule has 2 aromatic rings. The van der Waals surface area contributed by atoms with Gasteiger partial charge in [-0.1, -0.05) is 23.7 Å². The Hall–Kier alpha value is -2.22. The number of carbonyl (C=O) groups excluding carboxylic acids is 1. The van der Waals surface area contributed by atoms with E-state index in [0.29, 0.717) is 37.1 Å². The summed E-state index contributed by atoms with van der Waals surface area (Å²) >= 11 is 5.87. The number of nitrogens with zero attached hydrogens (tertiary/aromatic N) is 3. The van der Waals surface area contributed by atoms with Crippen molar-refractivity contribution in [3.05, 3.63) is 70.3 Å². The first-order chi connectivity index (χ1) is 15.4. The molecule has 0 spiro atoms. The SMILES string of the molecule is O=C(C1CCC(c2ccncc2)CC1)N1CCN(S(=O)(=O)C=Cc2ccc(Cl)cc2)CC1. The molecule has 2 fully saturated rings. The van der Waals surface area contributed by atoms with Gasteiger partial charge in [0, 0.05) is 54.9 Å². The van der Waals surface area contributed by atoms with Crippen LogP contribution in [0.4, 0.5) is 0 Å². The van der Waals surface area contributed by atoms with Crippen LogP contribution in [0.2, 0.25) is 5.02 Å². The molecular formula is C24H28ClN3O3S. The first-order valence-corrected chi connectivity index (χ1v) is 12.9. The van der Waals surface area contributed by atoms with Crippen molar-refractivity contribution in [1.82, 2.24) is 14.2 Å². The van der Waals surface area contributed by atoms with Crippen LogP contribution >= 0.6 is 11.6 Å². The molecule has 32 heavy (non-hydrogen) atoms. The third kappa shape index (κ3) is 5.57. The Morgan fingerprint density at radius 3 is 2.19 bits per heavy atom. The monoisotopic (exact) mass is 473 g/mol. The first kappa shape index (κ1) is 23.0. The van der Waals surface area contributed by atoms with Gasteiger partial charge in [0.1, 0.15) is 0 Å². The third-order valence-electron chi connectivity index (χ3n) is 6.47. The number of rotatable bonds is 5. The fraction of sp³-hybridized carbons (Fsp3) is 0.417. The quantitative estimate of drug-likeness (QED) is 0.654. The predicted molar refractivity (Wildman–Crippen MR) is 126 cm³/mol. The number of pyridine rings is 1. The van der Waals surface area contributed by atoms with Gasteiger partial charge in [0.15, 0.2) is 0 Å². The number of hydrogen-bond acceptors (Lipinski definition) is 4. The van der Waals surface area contributed by atoms with Gasteiger partial charge in [-0.3, -0.25) is 9.78 Å². The van der Waals surface area contributed by atoms with Crippen molar-refractivity contribution in [3.8, 4) is 0 Å². The van der Waals surface area contributed by atoms with E-state index in [1.165, 1.54) is 15.3 Å². The summed E-state index contributed by atoms with van der Waals surface area (Å²) in [5.41, 5.74) is 2.07. The Balaban J connectivity index is 1.27. The smallest absolute Gasteiger partial charge is 0.236 e. The van der Waals surface area contributed by atoms with Crippen molar-refractivity contribution in [1.29, 1.82) is 0 Å². The predicted octanol–water partition coefficient (Wildman–Crippen LogP) is 4.15. The number of hydrogen-bond donors (Lipinski definition) is 0. The lowest BCUT2D eigenvalue weighted by molar-refractivity contribution is -0.137. The van der Waals surface area contributed by atoms with E-state index in [-0.39, 0.29) is 11.8 Å². The summed E-state index contributed by atoms with van der Waals surface area (Å²) in [6, 6.07) is 11.1. The van der Waals surface area contributed by atoms with E-state index in [1.54, 1.807) is 30.3 Å². The Kier molecular flexibility index (Phi) is 7.28. The zero-order chi connectivity index (χ0) is 22.6. The Morgan fingerprint density at radius 2 is 1.56 bits per heavy atom. The number of halogens is 1. The zero-order valence-electron chi connectivity index (χ0n) is 17.9. The molecular weight excluding hydrogens is 446 g/mol. The van der Waals surface area contributed by atoms with Crippen LogP contribution in [0.15, 0.2) is 54.2 Å². The van der Waals surface area contributed by atoms with Crippen LogP contribution in [0, 0.1) is 5.92 Å². The van der Waals surface area contributed by atoms with Crippen molar-refractivity contribution in [2.75, 3.05) is 26.2 Å². The van der Waals surface area contributed by atoms with Gasteiger partial charge >= 0.3 is 0 Å². The Labute approximate surface area is 194 Å². The molecule has 0 bridgehead atoms. The lowest BCUT2D eigenvalue weighted by Gasteiger charge is -2.37. The summed E-state index contributed by atoms with van der Waals surface area (Å²) in [4.78, 5) is 18.9. The van der Waals surface area contributed by atoms with E-state index < -0.39 is 10.0 Å². The molecule has 170 valence electrons. The number of sulfonamides is 1. The minimum absolute atomic E-state index is 0.0426.